The van der Waals surface area contributed by atoms with Crippen molar-refractivity contribution in [2.45, 2.75) is 31.7 Å². The third kappa shape index (κ3) is 2.72. The van der Waals surface area contributed by atoms with E-state index in [-0.39, 0.29) is 6.03 Å². The summed E-state index contributed by atoms with van der Waals surface area (Å²) in [5, 5.41) is 7.89. The second kappa shape index (κ2) is 4.66. The van der Waals surface area contributed by atoms with Crippen LogP contribution in [0.25, 0.3) is 0 Å². The number of rotatable bonds is 4. The average molecular weight is 224 g/mol. The number of urea groups is 1. The van der Waals surface area contributed by atoms with Crippen molar-refractivity contribution in [3.05, 3.63) is 22.4 Å². The molecule has 15 heavy (non-hydrogen) atoms. The van der Waals surface area contributed by atoms with Gasteiger partial charge in [0, 0.05) is 23.4 Å². The fourth-order valence-corrected chi connectivity index (χ4v) is 2.54. The van der Waals surface area contributed by atoms with Gasteiger partial charge in [-0.1, -0.05) is 13.0 Å². The number of thiophene rings is 1. The van der Waals surface area contributed by atoms with Gasteiger partial charge in [-0.3, -0.25) is 0 Å². The van der Waals surface area contributed by atoms with Gasteiger partial charge in [-0.05, 0) is 24.3 Å². The second-order valence-corrected chi connectivity index (χ2v) is 4.84. The van der Waals surface area contributed by atoms with Crippen LogP contribution in [0.4, 0.5) is 4.79 Å². The molecule has 1 heterocycles. The molecule has 0 aliphatic heterocycles. The largest absolute Gasteiger partial charge is 0.338 e. The minimum Gasteiger partial charge on any atom is -0.338 e. The number of nitrogens with one attached hydrogen (secondary N) is 2. The first kappa shape index (κ1) is 10.5. The highest BCUT2D eigenvalue weighted by molar-refractivity contribution is 7.10. The zero-order valence-electron chi connectivity index (χ0n) is 8.82. The van der Waals surface area contributed by atoms with E-state index in [1.54, 1.807) is 11.3 Å². The Bertz CT molecular complexity index is 323. The molecule has 0 radical (unpaired) electrons. The van der Waals surface area contributed by atoms with E-state index in [0.29, 0.717) is 12.0 Å². The van der Waals surface area contributed by atoms with Crippen molar-refractivity contribution in [2.24, 2.45) is 0 Å². The summed E-state index contributed by atoms with van der Waals surface area (Å²) < 4.78 is 0. The number of carbonyl (C=O) groups excluding carboxylic acids is 1. The number of carbonyl (C=O) groups is 1. The van der Waals surface area contributed by atoms with Crippen LogP contribution in [-0.4, -0.2) is 18.6 Å². The van der Waals surface area contributed by atoms with Crippen LogP contribution < -0.4 is 10.6 Å². The summed E-state index contributed by atoms with van der Waals surface area (Å²) in [6.07, 6.45) is 2.06. The molecule has 82 valence electrons. The van der Waals surface area contributed by atoms with Gasteiger partial charge in [-0.25, -0.2) is 4.79 Å². The van der Waals surface area contributed by atoms with Gasteiger partial charge in [0.05, 0.1) is 0 Å². The molecule has 1 aliphatic rings. The van der Waals surface area contributed by atoms with E-state index in [1.165, 1.54) is 4.88 Å². The molecule has 2 N–H and O–H groups in total. The first-order valence-electron chi connectivity index (χ1n) is 5.39. The highest BCUT2D eigenvalue weighted by Gasteiger charge is 2.40. The van der Waals surface area contributed by atoms with Gasteiger partial charge in [0.2, 0.25) is 0 Å². The molecule has 2 rings (SSSR count). The predicted octanol–water partition coefficient (Wildman–Crippen LogP) is 2.31. The Kier molecular flexibility index (Phi) is 3.26. The third-order valence-corrected chi connectivity index (χ3v) is 3.56. The summed E-state index contributed by atoms with van der Waals surface area (Å²) >= 11 is 1.77. The molecule has 2 amide bonds. The molecule has 0 spiro atoms. The molecule has 0 saturated heterocycles. The highest BCUT2D eigenvalue weighted by atomic mass is 32.1. The number of amides is 2. The maximum Gasteiger partial charge on any atom is 0.315 e. The standard InChI is InChI=1S/C11H16N2OS/c1-2-5-12-11(14)13-9-7-8(9)10-4-3-6-15-10/h3-4,6,8-9H,2,5,7H2,1H3,(H2,12,13,14). The van der Waals surface area contributed by atoms with Gasteiger partial charge >= 0.3 is 6.03 Å². The van der Waals surface area contributed by atoms with Crippen LogP contribution in [0.15, 0.2) is 17.5 Å². The number of hydrogen-bond acceptors (Lipinski definition) is 2. The number of hydrogen-bond donors (Lipinski definition) is 2. The summed E-state index contributed by atoms with van der Waals surface area (Å²) in [7, 11) is 0. The maximum absolute atomic E-state index is 11.3. The lowest BCUT2D eigenvalue weighted by atomic mass is 10.3. The van der Waals surface area contributed by atoms with E-state index in [9.17, 15) is 4.79 Å². The zero-order valence-corrected chi connectivity index (χ0v) is 9.64. The van der Waals surface area contributed by atoms with Crippen LogP contribution in [0, 0.1) is 0 Å². The third-order valence-electron chi connectivity index (χ3n) is 2.55. The average Bonchev–Trinajstić information content (AvgIpc) is 2.80. The van der Waals surface area contributed by atoms with Crippen molar-refractivity contribution < 1.29 is 4.79 Å². The molecule has 2 atom stereocenters. The lowest BCUT2D eigenvalue weighted by Gasteiger charge is -2.05. The van der Waals surface area contributed by atoms with Crippen molar-refractivity contribution >= 4 is 17.4 Å². The van der Waals surface area contributed by atoms with E-state index < -0.39 is 0 Å². The normalized spacial score (nSPS) is 23.5. The second-order valence-electron chi connectivity index (χ2n) is 3.86. The van der Waals surface area contributed by atoms with E-state index in [0.717, 1.165) is 19.4 Å². The van der Waals surface area contributed by atoms with Crippen LogP contribution >= 0.6 is 11.3 Å². The van der Waals surface area contributed by atoms with Crippen LogP contribution in [0.5, 0.6) is 0 Å². The molecule has 1 saturated carbocycles. The monoisotopic (exact) mass is 224 g/mol. The molecule has 4 heteroatoms. The lowest BCUT2D eigenvalue weighted by molar-refractivity contribution is 0.240. The van der Waals surface area contributed by atoms with Crippen molar-refractivity contribution in [1.29, 1.82) is 0 Å². The van der Waals surface area contributed by atoms with Gasteiger partial charge in [0.25, 0.3) is 0 Å². The van der Waals surface area contributed by atoms with Gasteiger partial charge < -0.3 is 10.6 Å². The molecular weight excluding hydrogens is 208 g/mol. The first-order valence-corrected chi connectivity index (χ1v) is 6.27. The zero-order chi connectivity index (χ0) is 10.7. The fraction of sp³-hybridized carbons (Fsp3) is 0.545. The van der Waals surface area contributed by atoms with Gasteiger partial charge in [0.15, 0.2) is 0 Å². The van der Waals surface area contributed by atoms with E-state index in [2.05, 4.69) is 28.1 Å². The smallest absolute Gasteiger partial charge is 0.315 e. The Morgan fingerprint density at radius 2 is 2.53 bits per heavy atom. The quantitative estimate of drug-likeness (QED) is 0.809. The summed E-state index contributed by atoms with van der Waals surface area (Å²) in [4.78, 5) is 12.7. The minimum absolute atomic E-state index is 0.0269. The van der Waals surface area contributed by atoms with Crippen LogP contribution in [-0.2, 0) is 0 Å². The lowest BCUT2D eigenvalue weighted by Crippen LogP contribution is -2.37. The molecule has 0 aromatic carbocycles. The van der Waals surface area contributed by atoms with Crippen LogP contribution in [0.1, 0.15) is 30.6 Å². The Balaban J connectivity index is 1.73. The summed E-state index contributed by atoms with van der Waals surface area (Å²) in [6, 6.07) is 4.52. The molecule has 1 aliphatic carbocycles. The van der Waals surface area contributed by atoms with E-state index >= 15 is 0 Å². The summed E-state index contributed by atoms with van der Waals surface area (Å²) in [5.74, 6) is 0.553. The summed E-state index contributed by atoms with van der Waals surface area (Å²) in [5.41, 5.74) is 0. The SMILES string of the molecule is CCCNC(=O)NC1CC1c1cccs1. The van der Waals surface area contributed by atoms with Crippen molar-refractivity contribution in [2.75, 3.05) is 6.54 Å². The van der Waals surface area contributed by atoms with Gasteiger partial charge in [-0.2, -0.15) is 0 Å². The summed E-state index contributed by atoms with van der Waals surface area (Å²) in [6.45, 7) is 2.80. The fourth-order valence-electron chi connectivity index (χ4n) is 1.63. The molecule has 1 fully saturated rings. The Morgan fingerprint density at radius 1 is 1.67 bits per heavy atom. The van der Waals surface area contributed by atoms with Gasteiger partial charge in [-0.15, -0.1) is 11.3 Å². The Morgan fingerprint density at radius 3 is 3.20 bits per heavy atom. The van der Waals surface area contributed by atoms with Crippen molar-refractivity contribution in [3.8, 4) is 0 Å². The van der Waals surface area contributed by atoms with E-state index in [1.807, 2.05) is 6.92 Å². The molecule has 1 aromatic heterocycles. The molecule has 3 nitrogen and oxygen atoms in total. The van der Waals surface area contributed by atoms with Gasteiger partial charge in [0.1, 0.15) is 0 Å². The minimum atomic E-state index is -0.0269. The maximum atomic E-state index is 11.3. The molecular formula is C11H16N2OS. The van der Waals surface area contributed by atoms with Crippen molar-refractivity contribution in [1.82, 2.24) is 10.6 Å². The first-order chi connectivity index (χ1) is 7.31. The molecule has 2 unspecified atom stereocenters. The molecule has 1 aromatic rings. The van der Waals surface area contributed by atoms with Crippen LogP contribution in [0.3, 0.4) is 0 Å². The topological polar surface area (TPSA) is 41.1 Å². The predicted molar refractivity (Wildman–Crippen MR) is 62.3 cm³/mol. The highest BCUT2D eigenvalue weighted by Crippen LogP contribution is 2.42. The van der Waals surface area contributed by atoms with E-state index in [4.69, 9.17) is 0 Å². The van der Waals surface area contributed by atoms with Crippen molar-refractivity contribution in [3.63, 3.8) is 0 Å². The Hall–Kier alpha value is -1.03. The van der Waals surface area contributed by atoms with Crippen LogP contribution in [0.2, 0.25) is 0 Å². The molecule has 0 bridgehead atoms. The Labute approximate surface area is 93.9 Å².